The highest BCUT2D eigenvalue weighted by Gasteiger charge is 2.05. The first-order valence-electron chi connectivity index (χ1n) is 7.14. The van der Waals surface area contributed by atoms with E-state index in [0.717, 1.165) is 24.6 Å². The van der Waals surface area contributed by atoms with Gasteiger partial charge < -0.3 is 14.8 Å². The Kier molecular flexibility index (Phi) is 5.58. The van der Waals surface area contributed by atoms with Crippen LogP contribution in [-0.2, 0) is 13.1 Å². The van der Waals surface area contributed by atoms with E-state index in [4.69, 9.17) is 9.47 Å². The van der Waals surface area contributed by atoms with E-state index < -0.39 is 0 Å². The Morgan fingerprint density at radius 3 is 2.71 bits per heavy atom. The summed E-state index contributed by atoms with van der Waals surface area (Å²) in [6.45, 7) is 6.28. The second kappa shape index (κ2) is 7.64. The van der Waals surface area contributed by atoms with Crippen LogP contribution in [0.3, 0.4) is 0 Å². The summed E-state index contributed by atoms with van der Waals surface area (Å²) in [6.07, 6.45) is 3.71. The van der Waals surface area contributed by atoms with E-state index >= 15 is 0 Å². The molecule has 2 rings (SSSR count). The topological polar surface area (TPSA) is 43.4 Å². The summed E-state index contributed by atoms with van der Waals surface area (Å²) >= 11 is 0. The fraction of sp³-hybridized carbons (Fsp3) is 0.353. The summed E-state index contributed by atoms with van der Waals surface area (Å²) in [5.41, 5.74) is 3.64. The standard InChI is InChI=1S/C17H22N2O2/c1-4-21-16-6-5-14(9-17(16)20-3)11-19-12-15-7-8-18-10-13(15)2/h5-10,19H,4,11-12H2,1-3H3. The Morgan fingerprint density at radius 1 is 1.14 bits per heavy atom. The zero-order chi connectivity index (χ0) is 15.1. The Labute approximate surface area is 126 Å². The number of rotatable bonds is 7. The number of aryl methyl sites for hydroxylation is 1. The Morgan fingerprint density at radius 2 is 2.00 bits per heavy atom. The van der Waals surface area contributed by atoms with Gasteiger partial charge in [-0.2, -0.15) is 0 Å². The van der Waals surface area contributed by atoms with E-state index in [0.29, 0.717) is 6.61 Å². The summed E-state index contributed by atoms with van der Waals surface area (Å²) in [5, 5.41) is 3.44. The monoisotopic (exact) mass is 286 g/mol. The van der Waals surface area contributed by atoms with Crippen molar-refractivity contribution >= 4 is 0 Å². The number of nitrogens with one attached hydrogen (secondary N) is 1. The van der Waals surface area contributed by atoms with Crippen molar-refractivity contribution in [1.82, 2.24) is 10.3 Å². The first kappa shape index (κ1) is 15.3. The van der Waals surface area contributed by atoms with Crippen molar-refractivity contribution in [3.8, 4) is 11.5 Å². The predicted molar refractivity (Wildman–Crippen MR) is 83.7 cm³/mol. The van der Waals surface area contributed by atoms with Crippen LogP contribution in [0.4, 0.5) is 0 Å². The zero-order valence-electron chi connectivity index (χ0n) is 12.8. The van der Waals surface area contributed by atoms with Crippen LogP contribution in [-0.4, -0.2) is 18.7 Å². The van der Waals surface area contributed by atoms with Gasteiger partial charge in [-0.15, -0.1) is 0 Å². The zero-order valence-corrected chi connectivity index (χ0v) is 12.8. The van der Waals surface area contributed by atoms with Crippen molar-refractivity contribution in [3.05, 3.63) is 53.3 Å². The fourth-order valence-electron chi connectivity index (χ4n) is 2.14. The highest BCUT2D eigenvalue weighted by molar-refractivity contribution is 5.43. The third-order valence-electron chi connectivity index (χ3n) is 3.31. The Hall–Kier alpha value is -2.07. The van der Waals surface area contributed by atoms with Crippen molar-refractivity contribution in [2.75, 3.05) is 13.7 Å². The lowest BCUT2D eigenvalue weighted by molar-refractivity contribution is 0.310. The molecular weight excluding hydrogens is 264 g/mol. The number of aromatic nitrogens is 1. The van der Waals surface area contributed by atoms with Crippen molar-refractivity contribution in [1.29, 1.82) is 0 Å². The molecule has 4 nitrogen and oxygen atoms in total. The molecule has 0 saturated carbocycles. The normalized spacial score (nSPS) is 10.4. The molecule has 112 valence electrons. The molecule has 21 heavy (non-hydrogen) atoms. The molecule has 2 aromatic rings. The maximum atomic E-state index is 5.52. The molecule has 0 saturated heterocycles. The van der Waals surface area contributed by atoms with E-state index in [9.17, 15) is 0 Å². The molecule has 0 bridgehead atoms. The molecule has 1 N–H and O–H groups in total. The number of ether oxygens (including phenoxy) is 2. The summed E-state index contributed by atoms with van der Waals surface area (Å²) < 4.78 is 10.9. The molecule has 0 aliphatic carbocycles. The molecule has 0 aliphatic rings. The van der Waals surface area contributed by atoms with E-state index in [2.05, 4.69) is 23.3 Å². The number of methoxy groups -OCH3 is 1. The maximum Gasteiger partial charge on any atom is 0.161 e. The summed E-state index contributed by atoms with van der Waals surface area (Å²) in [4.78, 5) is 4.10. The lowest BCUT2D eigenvalue weighted by atomic mass is 10.1. The van der Waals surface area contributed by atoms with Gasteiger partial charge in [-0.25, -0.2) is 0 Å². The highest BCUT2D eigenvalue weighted by atomic mass is 16.5. The molecule has 1 aromatic carbocycles. The molecule has 1 heterocycles. The van der Waals surface area contributed by atoms with E-state index in [1.165, 1.54) is 16.7 Å². The first-order chi connectivity index (χ1) is 10.2. The van der Waals surface area contributed by atoms with Gasteiger partial charge in [-0.1, -0.05) is 6.07 Å². The number of nitrogens with zero attached hydrogens (tertiary/aromatic N) is 1. The van der Waals surface area contributed by atoms with Crippen LogP contribution in [0.15, 0.2) is 36.7 Å². The van der Waals surface area contributed by atoms with Gasteiger partial charge in [0.05, 0.1) is 13.7 Å². The SMILES string of the molecule is CCOc1ccc(CNCc2ccncc2C)cc1OC. The molecule has 1 aromatic heterocycles. The molecule has 0 unspecified atom stereocenters. The summed E-state index contributed by atoms with van der Waals surface area (Å²) in [5.74, 6) is 1.56. The second-order valence-electron chi connectivity index (χ2n) is 4.82. The van der Waals surface area contributed by atoms with Gasteiger partial charge in [-0.3, -0.25) is 4.98 Å². The molecule has 0 amide bonds. The van der Waals surface area contributed by atoms with Gasteiger partial charge in [0.15, 0.2) is 11.5 Å². The highest BCUT2D eigenvalue weighted by Crippen LogP contribution is 2.27. The predicted octanol–water partition coefficient (Wildman–Crippen LogP) is 3.09. The first-order valence-corrected chi connectivity index (χ1v) is 7.14. The van der Waals surface area contributed by atoms with Crippen LogP contribution >= 0.6 is 0 Å². The summed E-state index contributed by atoms with van der Waals surface area (Å²) in [6, 6.07) is 8.06. The van der Waals surface area contributed by atoms with Crippen LogP contribution < -0.4 is 14.8 Å². The quantitative estimate of drug-likeness (QED) is 0.849. The van der Waals surface area contributed by atoms with Gasteiger partial charge in [0, 0.05) is 25.5 Å². The van der Waals surface area contributed by atoms with E-state index in [-0.39, 0.29) is 0 Å². The average Bonchev–Trinajstić information content (AvgIpc) is 2.51. The third-order valence-corrected chi connectivity index (χ3v) is 3.31. The number of hydrogen-bond donors (Lipinski definition) is 1. The lowest BCUT2D eigenvalue weighted by Gasteiger charge is -2.12. The van der Waals surface area contributed by atoms with Crippen LogP contribution in [0.2, 0.25) is 0 Å². The smallest absolute Gasteiger partial charge is 0.161 e. The molecule has 0 spiro atoms. The second-order valence-corrected chi connectivity index (χ2v) is 4.82. The maximum absolute atomic E-state index is 5.52. The van der Waals surface area contributed by atoms with Crippen molar-refractivity contribution in [3.63, 3.8) is 0 Å². The van der Waals surface area contributed by atoms with E-state index in [1.807, 2.05) is 37.5 Å². The fourth-order valence-corrected chi connectivity index (χ4v) is 2.14. The van der Waals surface area contributed by atoms with Crippen LogP contribution in [0.5, 0.6) is 11.5 Å². The third kappa shape index (κ3) is 4.20. The largest absolute Gasteiger partial charge is 0.493 e. The van der Waals surface area contributed by atoms with Crippen molar-refractivity contribution in [2.45, 2.75) is 26.9 Å². The van der Waals surface area contributed by atoms with Crippen LogP contribution in [0, 0.1) is 6.92 Å². The van der Waals surface area contributed by atoms with Crippen molar-refractivity contribution < 1.29 is 9.47 Å². The molecule has 0 atom stereocenters. The Bertz CT molecular complexity index is 585. The van der Waals surface area contributed by atoms with Gasteiger partial charge in [-0.05, 0) is 48.7 Å². The van der Waals surface area contributed by atoms with Gasteiger partial charge >= 0.3 is 0 Å². The average molecular weight is 286 g/mol. The minimum absolute atomic E-state index is 0.634. The summed E-state index contributed by atoms with van der Waals surface area (Å²) in [7, 11) is 1.66. The number of pyridine rings is 1. The number of hydrogen-bond acceptors (Lipinski definition) is 4. The van der Waals surface area contributed by atoms with E-state index in [1.54, 1.807) is 7.11 Å². The minimum atomic E-state index is 0.634. The minimum Gasteiger partial charge on any atom is -0.493 e. The van der Waals surface area contributed by atoms with Gasteiger partial charge in [0.25, 0.3) is 0 Å². The molecule has 4 heteroatoms. The van der Waals surface area contributed by atoms with Gasteiger partial charge in [0.2, 0.25) is 0 Å². The van der Waals surface area contributed by atoms with Crippen LogP contribution in [0.1, 0.15) is 23.6 Å². The van der Waals surface area contributed by atoms with Gasteiger partial charge in [0.1, 0.15) is 0 Å². The molecular formula is C17H22N2O2. The molecule has 0 radical (unpaired) electrons. The molecule has 0 fully saturated rings. The molecule has 0 aliphatic heterocycles. The van der Waals surface area contributed by atoms with Crippen molar-refractivity contribution in [2.24, 2.45) is 0 Å². The van der Waals surface area contributed by atoms with Crippen LogP contribution in [0.25, 0.3) is 0 Å². The Balaban J connectivity index is 1.96. The number of benzene rings is 1. The lowest BCUT2D eigenvalue weighted by Crippen LogP contribution is -2.13.